The summed E-state index contributed by atoms with van der Waals surface area (Å²) in [7, 11) is 1.60. The first kappa shape index (κ1) is 18.7. The van der Waals surface area contributed by atoms with E-state index < -0.39 is 0 Å². The topological polar surface area (TPSA) is 74.7 Å². The molecule has 0 atom stereocenters. The number of nitrogen functional groups attached to an aromatic ring is 1. The summed E-state index contributed by atoms with van der Waals surface area (Å²) in [5, 5.41) is 0. The van der Waals surface area contributed by atoms with Gasteiger partial charge < -0.3 is 19.6 Å². The molecule has 29 heavy (non-hydrogen) atoms. The van der Waals surface area contributed by atoms with E-state index in [2.05, 4.69) is 9.97 Å². The molecule has 0 saturated heterocycles. The van der Waals surface area contributed by atoms with Crippen molar-refractivity contribution in [2.24, 2.45) is 0 Å². The summed E-state index contributed by atoms with van der Waals surface area (Å²) in [6, 6.07) is 10.5. The molecule has 0 radical (unpaired) electrons. The van der Waals surface area contributed by atoms with Gasteiger partial charge in [0, 0.05) is 23.5 Å². The van der Waals surface area contributed by atoms with Crippen molar-refractivity contribution in [1.29, 1.82) is 0 Å². The standard InChI is InChI=1S/C22H21FN4O2/c1-4-29-19-8-6-15(10-20(19)28-3)18-12-27-11-17(25-21(24)22(27)26-18)14-5-7-16(23)13(2)9-14/h5-12H,4H2,1-3H3,(H2,24,25). The quantitative estimate of drug-likeness (QED) is 0.541. The van der Waals surface area contributed by atoms with Crippen molar-refractivity contribution in [1.82, 2.24) is 14.4 Å². The lowest BCUT2D eigenvalue weighted by Crippen LogP contribution is -1.99. The van der Waals surface area contributed by atoms with Crippen LogP contribution in [0, 0.1) is 12.7 Å². The van der Waals surface area contributed by atoms with E-state index in [9.17, 15) is 4.39 Å². The molecule has 2 aromatic heterocycles. The Labute approximate surface area is 167 Å². The SMILES string of the molecule is CCOc1ccc(-c2cn3cc(-c4ccc(F)c(C)c4)nc(N)c3n2)cc1OC. The third-order valence-corrected chi connectivity index (χ3v) is 4.68. The lowest BCUT2D eigenvalue weighted by atomic mass is 10.1. The molecule has 7 heteroatoms. The van der Waals surface area contributed by atoms with Crippen molar-refractivity contribution in [2.75, 3.05) is 19.5 Å². The van der Waals surface area contributed by atoms with Gasteiger partial charge in [0.25, 0.3) is 0 Å². The fourth-order valence-corrected chi connectivity index (χ4v) is 3.21. The Morgan fingerprint density at radius 3 is 2.38 bits per heavy atom. The molecule has 0 aliphatic carbocycles. The van der Waals surface area contributed by atoms with Gasteiger partial charge in [-0.15, -0.1) is 0 Å². The number of hydrogen-bond donors (Lipinski definition) is 1. The number of benzene rings is 2. The molecule has 0 aliphatic heterocycles. The van der Waals surface area contributed by atoms with Gasteiger partial charge in [-0.05, 0) is 55.8 Å². The number of fused-ring (bicyclic) bond motifs is 1. The van der Waals surface area contributed by atoms with Crippen LogP contribution in [0.25, 0.3) is 28.2 Å². The third-order valence-electron chi connectivity index (χ3n) is 4.68. The van der Waals surface area contributed by atoms with Gasteiger partial charge >= 0.3 is 0 Å². The zero-order chi connectivity index (χ0) is 20.5. The molecular formula is C22H21FN4O2. The van der Waals surface area contributed by atoms with Gasteiger partial charge in [0.1, 0.15) is 5.82 Å². The number of anilines is 1. The van der Waals surface area contributed by atoms with Crippen LogP contribution in [0.1, 0.15) is 12.5 Å². The molecule has 0 spiro atoms. The van der Waals surface area contributed by atoms with Crippen molar-refractivity contribution >= 4 is 11.5 Å². The Kier molecular flexibility index (Phi) is 4.80. The van der Waals surface area contributed by atoms with Gasteiger partial charge in [-0.3, -0.25) is 0 Å². The van der Waals surface area contributed by atoms with Crippen LogP contribution < -0.4 is 15.2 Å². The number of nitrogens with two attached hydrogens (primary N) is 1. The molecule has 0 bridgehead atoms. The van der Waals surface area contributed by atoms with Gasteiger partial charge in [0.05, 0.1) is 25.1 Å². The highest BCUT2D eigenvalue weighted by atomic mass is 19.1. The summed E-state index contributed by atoms with van der Waals surface area (Å²) >= 11 is 0. The van der Waals surface area contributed by atoms with Crippen LogP contribution in [0.2, 0.25) is 0 Å². The van der Waals surface area contributed by atoms with Crippen LogP contribution in [0.4, 0.5) is 10.2 Å². The van der Waals surface area contributed by atoms with E-state index in [1.165, 1.54) is 6.07 Å². The number of imidazole rings is 1. The van der Waals surface area contributed by atoms with Crippen LogP contribution in [0.5, 0.6) is 11.5 Å². The summed E-state index contributed by atoms with van der Waals surface area (Å²) in [5.41, 5.74) is 10.3. The van der Waals surface area contributed by atoms with Crippen LogP contribution in [0.3, 0.4) is 0 Å². The van der Waals surface area contributed by atoms with Crippen LogP contribution >= 0.6 is 0 Å². The predicted octanol–water partition coefficient (Wildman–Crippen LogP) is 4.50. The van der Waals surface area contributed by atoms with Crippen molar-refractivity contribution < 1.29 is 13.9 Å². The molecule has 0 unspecified atom stereocenters. The smallest absolute Gasteiger partial charge is 0.180 e. The predicted molar refractivity (Wildman–Crippen MR) is 111 cm³/mol. The Hall–Kier alpha value is -3.61. The number of hydrogen-bond acceptors (Lipinski definition) is 5. The monoisotopic (exact) mass is 392 g/mol. The summed E-state index contributed by atoms with van der Waals surface area (Å²) in [4.78, 5) is 9.07. The maximum atomic E-state index is 13.6. The lowest BCUT2D eigenvalue weighted by Gasteiger charge is -2.09. The normalized spacial score (nSPS) is 11.0. The van der Waals surface area contributed by atoms with Gasteiger partial charge in [-0.2, -0.15) is 0 Å². The highest BCUT2D eigenvalue weighted by Gasteiger charge is 2.13. The molecule has 2 N–H and O–H groups in total. The number of aryl methyl sites for hydroxylation is 1. The number of aromatic nitrogens is 3. The highest BCUT2D eigenvalue weighted by Crippen LogP contribution is 2.33. The van der Waals surface area contributed by atoms with E-state index in [4.69, 9.17) is 15.2 Å². The molecule has 2 aromatic carbocycles. The third kappa shape index (κ3) is 3.47. The first-order valence-electron chi connectivity index (χ1n) is 9.23. The second-order valence-corrected chi connectivity index (χ2v) is 6.63. The molecular weight excluding hydrogens is 371 g/mol. The maximum absolute atomic E-state index is 13.6. The minimum Gasteiger partial charge on any atom is -0.493 e. The van der Waals surface area contributed by atoms with E-state index in [-0.39, 0.29) is 5.82 Å². The van der Waals surface area contributed by atoms with Crippen molar-refractivity contribution in [3.05, 3.63) is 60.2 Å². The molecule has 0 fully saturated rings. The Bertz CT molecular complexity index is 1200. The average Bonchev–Trinajstić information content (AvgIpc) is 3.15. The fraction of sp³-hybridized carbons (Fsp3) is 0.182. The maximum Gasteiger partial charge on any atom is 0.180 e. The molecule has 4 aromatic rings. The average molecular weight is 392 g/mol. The molecule has 0 amide bonds. The first-order chi connectivity index (χ1) is 14.0. The Morgan fingerprint density at radius 1 is 1.00 bits per heavy atom. The lowest BCUT2D eigenvalue weighted by molar-refractivity contribution is 0.311. The largest absolute Gasteiger partial charge is 0.493 e. The highest BCUT2D eigenvalue weighted by molar-refractivity contribution is 5.73. The summed E-state index contributed by atoms with van der Waals surface area (Å²) in [5.74, 6) is 1.36. The second-order valence-electron chi connectivity index (χ2n) is 6.63. The summed E-state index contributed by atoms with van der Waals surface area (Å²) < 4.78 is 26.4. The van der Waals surface area contributed by atoms with E-state index in [1.54, 1.807) is 26.2 Å². The zero-order valence-corrected chi connectivity index (χ0v) is 16.4. The summed E-state index contributed by atoms with van der Waals surface area (Å²) in [6.07, 6.45) is 3.71. The molecule has 4 rings (SSSR count). The molecule has 2 heterocycles. The van der Waals surface area contributed by atoms with E-state index in [0.29, 0.717) is 40.8 Å². The minimum absolute atomic E-state index is 0.253. The Morgan fingerprint density at radius 2 is 1.69 bits per heavy atom. The molecule has 0 saturated carbocycles. The zero-order valence-electron chi connectivity index (χ0n) is 16.4. The number of nitrogens with zero attached hydrogens (tertiary/aromatic N) is 3. The summed E-state index contributed by atoms with van der Waals surface area (Å²) in [6.45, 7) is 4.19. The van der Waals surface area contributed by atoms with Crippen molar-refractivity contribution in [2.45, 2.75) is 13.8 Å². The number of methoxy groups -OCH3 is 1. The van der Waals surface area contributed by atoms with E-state index >= 15 is 0 Å². The van der Waals surface area contributed by atoms with Gasteiger partial charge in [0.15, 0.2) is 23.0 Å². The molecule has 148 valence electrons. The van der Waals surface area contributed by atoms with Crippen LogP contribution in [-0.4, -0.2) is 28.1 Å². The van der Waals surface area contributed by atoms with Crippen molar-refractivity contribution in [3.63, 3.8) is 0 Å². The second kappa shape index (κ2) is 7.43. The first-order valence-corrected chi connectivity index (χ1v) is 9.23. The van der Waals surface area contributed by atoms with Gasteiger partial charge in [0.2, 0.25) is 0 Å². The molecule has 6 nitrogen and oxygen atoms in total. The van der Waals surface area contributed by atoms with E-state index in [1.807, 2.05) is 41.9 Å². The van der Waals surface area contributed by atoms with E-state index in [0.717, 1.165) is 16.8 Å². The van der Waals surface area contributed by atoms with Crippen LogP contribution in [-0.2, 0) is 0 Å². The molecule has 0 aliphatic rings. The number of halogens is 1. The van der Waals surface area contributed by atoms with Gasteiger partial charge in [-0.25, -0.2) is 14.4 Å². The van der Waals surface area contributed by atoms with Crippen LogP contribution in [0.15, 0.2) is 48.8 Å². The van der Waals surface area contributed by atoms with Gasteiger partial charge in [-0.1, -0.05) is 0 Å². The van der Waals surface area contributed by atoms with Crippen molar-refractivity contribution in [3.8, 4) is 34.0 Å². The number of ether oxygens (including phenoxy) is 2. The fourth-order valence-electron chi connectivity index (χ4n) is 3.21. The number of rotatable bonds is 5. The minimum atomic E-state index is -0.253. The Balaban J connectivity index is 1.78.